The second kappa shape index (κ2) is 6.87. The molecule has 1 atom stereocenters. The van der Waals surface area contributed by atoms with Crippen molar-refractivity contribution in [3.05, 3.63) is 28.5 Å². The van der Waals surface area contributed by atoms with Gasteiger partial charge in [0.15, 0.2) is 11.5 Å². The zero-order valence-electron chi connectivity index (χ0n) is 13.6. The second-order valence-corrected chi connectivity index (χ2v) is 6.38. The van der Waals surface area contributed by atoms with Crippen molar-refractivity contribution in [2.45, 2.75) is 32.4 Å². The summed E-state index contributed by atoms with van der Waals surface area (Å²) in [5.41, 5.74) is 1.63. The molecule has 2 heterocycles. The SMILES string of the molecule is COc1cc(-c2nc(Br)c3n2C[C@@H](C)OCC3)ccc1OC(F)(F)F. The molecule has 1 aromatic heterocycles. The average molecular weight is 421 g/mol. The van der Waals surface area contributed by atoms with Crippen LogP contribution >= 0.6 is 15.9 Å². The molecule has 1 aliphatic rings. The Bertz CT molecular complexity index is 777. The molecule has 0 N–H and O–H groups in total. The summed E-state index contributed by atoms with van der Waals surface area (Å²) in [6.07, 6.45) is -4.07. The molecule has 3 rings (SSSR count). The van der Waals surface area contributed by atoms with Gasteiger partial charge in [-0.1, -0.05) is 0 Å². The number of aromatic nitrogens is 2. The maximum atomic E-state index is 12.5. The number of methoxy groups -OCH3 is 1. The smallest absolute Gasteiger partial charge is 0.493 e. The summed E-state index contributed by atoms with van der Waals surface area (Å²) in [7, 11) is 1.29. The van der Waals surface area contributed by atoms with Crippen molar-refractivity contribution >= 4 is 15.9 Å². The largest absolute Gasteiger partial charge is 0.573 e. The van der Waals surface area contributed by atoms with Crippen LogP contribution in [0.25, 0.3) is 11.4 Å². The van der Waals surface area contributed by atoms with Crippen LogP contribution in [0.4, 0.5) is 13.2 Å². The summed E-state index contributed by atoms with van der Waals surface area (Å²) < 4.78 is 54.9. The lowest BCUT2D eigenvalue weighted by Crippen LogP contribution is -2.17. The molecule has 1 aliphatic heterocycles. The Balaban J connectivity index is 2.03. The van der Waals surface area contributed by atoms with Crippen LogP contribution in [0.5, 0.6) is 11.5 Å². The lowest BCUT2D eigenvalue weighted by Gasteiger charge is -2.15. The molecule has 0 spiro atoms. The fourth-order valence-electron chi connectivity index (χ4n) is 2.79. The summed E-state index contributed by atoms with van der Waals surface area (Å²) in [6.45, 7) is 3.16. The molecule has 0 radical (unpaired) electrons. The lowest BCUT2D eigenvalue weighted by atomic mass is 10.2. The summed E-state index contributed by atoms with van der Waals surface area (Å²) in [4.78, 5) is 4.52. The van der Waals surface area contributed by atoms with Gasteiger partial charge in [0.1, 0.15) is 10.4 Å². The standard InChI is InChI=1S/C16H16BrF3N2O3/c1-9-8-22-11(5-6-24-9)14(17)21-15(22)10-3-4-12(13(7-10)23-2)25-16(18,19)20/h3-4,7,9H,5-6,8H2,1-2H3/t9-/m1/s1. The minimum Gasteiger partial charge on any atom is -0.493 e. The van der Waals surface area contributed by atoms with Crippen LogP contribution in [-0.2, 0) is 17.7 Å². The number of fused-ring (bicyclic) bond motifs is 1. The summed E-state index contributed by atoms with van der Waals surface area (Å²) in [6, 6.07) is 4.25. The average Bonchev–Trinajstić information content (AvgIpc) is 2.71. The van der Waals surface area contributed by atoms with E-state index in [0.717, 1.165) is 5.69 Å². The molecule has 0 saturated carbocycles. The molecule has 0 amide bonds. The van der Waals surface area contributed by atoms with E-state index in [1.807, 2.05) is 11.5 Å². The van der Waals surface area contributed by atoms with Crippen molar-refractivity contribution in [3.63, 3.8) is 0 Å². The number of halogens is 4. The first-order valence-corrected chi connectivity index (χ1v) is 8.38. The highest BCUT2D eigenvalue weighted by molar-refractivity contribution is 9.10. The third-order valence-electron chi connectivity index (χ3n) is 3.85. The number of imidazole rings is 1. The van der Waals surface area contributed by atoms with Crippen LogP contribution in [0.3, 0.4) is 0 Å². The number of hydrogen-bond donors (Lipinski definition) is 0. The van der Waals surface area contributed by atoms with Crippen LogP contribution in [-0.4, -0.2) is 35.7 Å². The fraction of sp³-hybridized carbons (Fsp3) is 0.438. The van der Waals surface area contributed by atoms with E-state index >= 15 is 0 Å². The van der Waals surface area contributed by atoms with E-state index in [9.17, 15) is 13.2 Å². The van der Waals surface area contributed by atoms with Gasteiger partial charge in [-0.05, 0) is 41.1 Å². The summed E-state index contributed by atoms with van der Waals surface area (Å²) in [5.74, 6) is 0.231. The molecule has 0 unspecified atom stereocenters. The molecule has 0 saturated heterocycles. The Morgan fingerprint density at radius 1 is 1.32 bits per heavy atom. The highest BCUT2D eigenvalue weighted by atomic mass is 79.9. The Kier molecular flexibility index (Phi) is 4.97. The monoisotopic (exact) mass is 420 g/mol. The molecular weight excluding hydrogens is 405 g/mol. The molecule has 0 fully saturated rings. The lowest BCUT2D eigenvalue weighted by molar-refractivity contribution is -0.275. The van der Waals surface area contributed by atoms with Crippen LogP contribution in [0.15, 0.2) is 22.8 Å². The van der Waals surface area contributed by atoms with Gasteiger partial charge in [-0.15, -0.1) is 13.2 Å². The number of benzene rings is 1. The van der Waals surface area contributed by atoms with Gasteiger partial charge in [0, 0.05) is 12.0 Å². The number of ether oxygens (including phenoxy) is 3. The molecule has 0 bridgehead atoms. The van der Waals surface area contributed by atoms with Crippen LogP contribution in [0, 0.1) is 0 Å². The highest BCUT2D eigenvalue weighted by Gasteiger charge is 2.32. The van der Waals surface area contributed by atoms with E-state index in [2.05, 4.69) is 25.7 Å². The Morgan fingerprint density at radius 3 is 2.76 bits per heavy atom. The number of rotatable bonds is 3. The normalized spacial score (nSPS) is 17.8. The summed E-state index contributed by atoms with van der Waals surface area (Å²) in [5, 5.41) is 0. The molecule has 2 aromatic rings. The van der Waals surface area contributed by atoms with E-state index < -0.39 is 12.1 Å². The molecule has 5 nitrogen and oxygen atoms in total. The second-order valence-electron chi connectivity index (χ2n) is 5.63. The van der Waals surface area contributed by atoms with E-state index in [1.165, 1.54) is 25.3 Å². The van der Waals surface area contributed by atoms with Crippen LogP contribution < -0.4 is 9.47 Å². The van der Waals surface area contributed by atoms with E-state index in [-0.39, 0.29) is 11.9 Å². The van der Waals surface area contributed by atoms with Crippen molar-refractivity contribution in [2.75, 3.05) is 13.7 Å². The molecule has 136 valence electrons. The van der Waals surface area contributed by atoms with Crippen LogP contribution in [0.2, 0.25) is 0 Å². The molecule has 9 heteroatoms. The minimum atomic E-state index is -4.78. The van der Waals surface area contributed by atoms with Crippen molar-refractivity contribution < 1.29 is 27.4 Å². The van der Waals surface area contributed by atoms with Crippen molar-refractivity contribution in [1.82, 2.24) is 9.55 Å². The number of alkyl halides is 3. The maximum absolute atomic E-state index is 12.5. The van der Waals surface area contributed by atoms with E-state index in [4.69, 9.17) is 9.47 Å². The van der Waals surface area contributed by atoms with Gasteiger partial charge in [0.2, 0.25) is 0 Å². The fourth-order valence-corrected chi connectivity index (χ4v) is 3.37. The van der Waals surface area contributed by atoms with Crippen molar-refractivity contribution in [2.24, 2.45) is 0 Å². The maximum Gasteiger partial charge on any atom is 0.573 e. The Hall–Kier alpha value is -1.74. The van der Waals surface area contributed by atoms with Gasteiger partial charge < -0.3 is 18.8 Å². The van der Waals surface area contributed by atoms with Crippen LogP contribution in [0.1, 0.15) is 12.6 Å². The van der Waals surface area contributed by atoms with E-state index in [1.54, 1.807) is 0 Å². The van der Waals surface area contributed by atoms with Gasteiger partial charge in [-0.3, -0.25) is 0 Å². The first-order valence-electron chi connectivity index (χ1n) is 7.59. The van der Waals surface area contributed by atoms with Gasteiger partial charge in [-0.2, -0.15) is 0 Å². The van der Waals surface area contributed by atoms with Crippen molar-refractivity contribution in [1.29, 1.82) is 0 Å². The Labute approximate surface area is 150 Å². The molecule has 0 aliphatic carbocycles. The molecule has 25 heavy (non-hydrogen) atoms. The zero-order chi connectivity index (χ0) is 18.2. The number of hydrogen-bond acceptors (Lipinski definition) is 4. The van der Waals surface area contributed by atoms with Gasteiger partial charge in [0.25, 0.3) is 0 Å². The first-order chi connectivity index (χ1) is 11.8. The van der Waals surface area contributed by atoms with Gasteiger partial charge in [-0.25, -0.2) is 4.98 Å². The number of nitrogens with zero attached hydrogens (tertiary/aromatic N) is 2. The predicted octanol–water partition coefficient (Wildman–Crippen LogP) is 4.18. The zero-order valence-corrected chi connectivity index (χ0v) is 15.1. The predicted molar refractivity (Wildman–Crippen MR) is 87.7 cm³/mol. The quantitative estimate of drug-likeness (QED) is 0.746. The third kappa shape index (κ3) is 3.92. The molecular formula is C16H16BrF3N2O3. The highest BCUT2D eigenvalue weighted by Crippen LogP contribution is 2.37. The summed E-state index contributed by atoms with van der Waals surface area (Å²) >= 11 is 3.45. The van der Waals surface area contributed by atoms with E-state index in [0.29, 0.717) is 35.6 Å². The van der Waals surface area contributed by atoms with Crippen molar-refractivity contribution in [3.8, 4) is 22.9 Å². The third-order valence-corrected chi connectivity index (χ3v) is 4.49. The topological polar surface area (TPSA) is 45.5 Å². The Morgan fingerprint density at radius 2 is 2.08 bits per heavy atom. The first kappa shape index (κ1) is 18.1. The minimum absolute atomic E-state index is 0.0100. The van der Waals surface area contributed by atoms with Gasteiger partial charge >= 0.3 is 6.36 Å². The van der Waals surface area contributed by atoms with Gasteiger partial charge in [0.05, 0.1) is 32.1 Å². The molecule has 1 aromatic carbocycles.